The summed E-state index contributed by atoms with van der Waals surface area (Å²) < 4.78 is 15.2. The minimum atomic E-state index is -0.732. The van der Waals surface area contributed by atoms with Gasteiger partial charge in [-0.25, -0.2) is 14.4 Å². The number of aryl methyl sites for hydroxylation is 1. The third-order valence-corrected chi connectivity index (χ3v) is 6.14. The summed E-state index contributed by atoms with van der Waals surface area (Å²) in [6, 6.07) is -0.107. The number of anilines is 1. The molecule has 1 fully saturated rings. The first-order chi connectivity index (χ1) is 13.7. The maximum Gasteiger partial charge on any atom is 0.251 e. The molecule has 0 aliphatic carbocycles. The van der Waals surface area contributed by atoms with Crippen molar-refractivity contribution in [3.05, 3.63) is 40.8 Å². The minimum absolute atomic E-state index is 0.0652. The van der Waals surface area contributed by atoms with Crippen molar-refractivity contribution in [3.8, 4) is 10.6 Å². The molecular formula is C20H24FN5O2S. The molecule has 0 radical (unpaired) electrons. The maximum absolute atomic E-state index is 15.2. The largest absolute Gasteiger partial charge is 0.366 e. The van der Waals surface area contributed by atoms with E-state index in [1.165, 1.54) is 24.3 Å². The van der Waals surface area contributed by atoms with Gasteiger partial charge >= 0.3 is 0 Å². The van der Waals surface area contributed by atoms with Crippen molar-refractivity contribution < 1.29 is 14.0 Å². The molecule has 0 spiro atoms. The molecule has 7 nitrogen and oxygen atoms in total. The lowest BCUT2D eigenvalue weighted by Crippen LogP contribution is -2.48. The highest BCUT2D eigenvalue weighted by atomic mass is 32.1. The maximum atomic E-state index is 15.2. The van der Waals surface area contributed by atoms with Gasteiger partial charge in [-0.1, -0.05) is 6.58 Å². The SMILES string of the molecule is C=CC(=O)N1CCCC(N(C)c2nc(-c3cnc(C)s3)c(C(N)=O)c(C)c2F)C1. The highest BCUT2D eigenvalue weighted by Crippen LogP contribution is 2.34. The molecule has 0 aromatic carbocycles. The van der Waals surface area contributed by atoms with E-state index in [1.807, 2.05) is 6.92 Å². The van der Waals surface area contributed by atoms with Gasteiger partial charge in [0.1, 0.15) is 0 Å². The van der Waals surface area contributed by atoms with Crippen LogP contribution in [0.5, 0.6) is 0 Å². The number of likely N-dealkylation sites (N-methyl/N-ethyl adjacent to an activating group) is 1. The number of thiazole rings is 1. The standard InChI is InChI=1S/C20H24FN5O2S/c1-5-15(27)26-8-6-7-13(10-26)25(4)20-17(21)11(2)16(19(22)28)18(24-20)14-9-23-12(3)29-14/h5,9,13H,1,6-8,10H2,2-4H3,(H2,22,28). The number of amides is 2. The van der Waals surface area contributed by atoms with Gasteiger partial charge in [0.2, 0.25) is 5.91 Å². The molecule has 29 heavy (non-hydrogen) atoms. The van der Waals surface area contributed by atoms with Gasteiger partial charge in [0.15, 0.2) is 11.6 Å². The smallest absolute Gasteiger partial charge is 0.251 e. The molecule has 1 atom stereocenters. The number of nitrogens with two attached hydrogens (primary N) is 1. The molecule has 0 saturated carbocycles. The summed E-state index contributed by atoms with van der Waals surface area (Å²) in [5.74, 6) is -1.33. The quantitative estimate of drug-likeness (QED) is 0.755. The predicted molar refractivity (Wildman–Crippen MR) is 111 cm³/mol. The molecule has 154 valence electrons. The number of hydrogen-bond acceptors (Lipinski definition) is 6. The molecule has 1 aliphatic heterocycles. The lowest BCUT2D eigenvalue weighted by Gasteiger charge is -2.38. The van der Waals surface area contributed by atoms with Gasteiger partial charge in [0.05, 0.1) is 21.1 Å². The second kappa shape index (κ2) is 8.28. The Labute approximate surface area is 173 Å². The van der Waals surface area contributed by atoms with E-state index in [2.05, 4.69) is 16.5 Å². The van der Waals surface area contributed by atoms with Crippen molar-refractivity contribution in [2.45, 2.75) is 32.7 Å². The van der Waals surface area contributed by atoms with Gasteiger partial charge < -0.3 is 15.5 Å². The highest BCUT2D eigenvalue weighted by molar-refractivity contribution is 7.15. The van der Waals surface area contributed by atoms with E-state index < -0.39 is 11.7 Å². The Balaban J connectivity index is 2.05. The minimum Gasteiger partial charge on any atom is -0.366 e. The topological polar surface area (TPSA) is 92.4 Å². The van der Waals surface area contributed by atoms with Crippen LogP contribution in [-0.2, 0) is 4.79 Å². The summed E-state index contributed by atoms with van der Waals surface area (Å²) >= 11 is 1.36. The number of nitrogens with zero attached hydrogens (tertiary/aromatic N) is 4. The van der Waals surface area contributed by atoms with E-state index in [-0.39, 0.29) is 28.9 Å². The zero-order chi connectivity index (χ0) is 21.3. The predicted octanol–water partition coefficient (Wildman–Crippen LogP) is 2.67. The van der Waals surface area contributed by atoms with E-state index in [1.54, 1.807) is 23.0 Å². The second-order valence-corrected chi connectivity index (χ2v) is 8.34. The molecule has 1 unspecified atom stereocenters. The summed E-state index contributed by atoms with van der Waals surface area (Å²) in [5, 5.41) is 0.806. The fourth-order valence-corrected chi connectivity index (χ4v) is 4.40. The van der Waals surface area contributed by atoms with Crippen LogP contribution in [0.3, 0.4) is 0 Å². The average molecular weight is 418 g/mol. The fourth-order valence-electron chi connectivity index (χ4n) is 3.62. The Kier molecular flexibility index (Phi) is 5.97. The third kappa shape index (κ3) is 4.00. The van der Waals surface area contributed by atoms with Crippen LogP contribution in [0, 0.1) is 19.7 Å². The number of piperidine rings is 1. The molecule has 0 bridgehead atoms. The molecule has 2 aromatic rings. The summed E-state index contributed by atoms with van der Waals surface area (Å²) in [7, 11) is 1.75. The number of hydrogen-bond donors (Lipinski definition) is 1. The van der Waals surface area contributed by atoms with Gasteiger partial charge in [-0.2, -0.15) is 0 Å². The first-order valence-electron chi connectivity index (χ1n) is 9.31. The van der Waals surface area contributed by atoms with Gasteiger partial charge in [0, 0.05) is 37.9 Å². The Bertz CT molecular complexity index is 974. The summed E-state index contributed by atoms with van der Waals surface area (Å²) in [6.07, 6.45) is 4.50. The van der Waals surface area contributed by atoms with Crippen LogP contribution in [0.2, 0.25) is 0 Å². The molecule has 1 saturated heterocycles. The number of aromatic nitrogens is 2. The number of primary amides is 1. The molecule has 1 aliphatic rings. The fraction of sp³-hybridized carbons (Fsp3) is 0.400. The number of carbonyl (C=O) groups excluding carboxylic acids is 2. The van der Waals surface area contributed by atoms with Gasteiger partial charge in [-0.05, 0) is 32.8 Å². The number of pyridine rings is 1. The zero-order valence-corrected chi connectivity index (χ0v) is 17.6. The Morgan fingerprint density at radius 2 is 2.17 bits per heavy atom. The summed E-state index contributed by atoms with van der Waals surface area (Å²) in [4.78, 5) is 36.9. The molecule has 3 heterocycles. The number of rotatable bonds is 5. The molecule has 2 amide bonds. The van der Waals surface area contributed by atoms with Crippen molar-refractivity contribution in [3.63, 3.8) is 0 Å². The van der Waals surface area contributed by atoms with Gasteiger partial charge in [-0.15, -0.1) is 11.3 Å². The monoisotopic (exact) mass is 417 g/mol. The van der Waals surface area contributed by atoms with Crippen molar-refractivity contribution in [2.75, 3.05) is 25.0 Å². The van der Waals surface area contributed by atoms with Crippen LogP contribution in [0.4, 0.5) is 10.2 Å². The second-order valence-electron chi connectivity index (χ2n) is 7.10. The van der Waals surface area contributed by atoms with Crippen LogP contribution >= 0.6 is 11.3 Å². The highest BCUT2D eigenvalue weighted by Gasteiger charge is 2.30. The lowest BCUT2D eigenvalue weighted by atomic mass is 10.0. The van der Waals surface area contributed by atoms with Crippen molar-refractivity contribution in [1.82, 2.24) is 14.9 Å². The van der Waals surface area contributed by atoms with Gasteiger partial charge in [-0.3, -0.25) is 9.59 Å². The lowest BCUT2D eigenvalue weighted by molar-refractivity contribution is -0.127. The van der Waals surface area contributed by atoms with Crippen LogP contribution in [0.15, 0.2) is 18.9 Å². The van der Waals surface area contributed by atoms with Crippen LogP contribution in [0.25, 0.3) is 10.6 Å². The summed E-state index contributed by atoms with van der Waals surface area (Å²) in [6.45, 7) is 8.01. The van der Waals surface area contributed by atoms with Crippen molar-refractivity contribution in [2.24, 2.45) is 5.73 Å². The normalized spacial score (nSPS) is 16.6. The third-order valence-electron chi connectivity index (χ3n) is 5.22. The molecular weight excluding hydrogens is 393 g/mol. The van der Waals surface area contributed by atoms with Crippen molar-refractivity contribution in [1.29, 1.82) is 0 Å². The van der Waals surface area contributed by atoms with Gasteiger partial charge in [0.25, 0.3) is 5.91 Å². The van der Waals surface area contributed by atoms with E-state index >= 15 is 4.39 Å². The first-order valence-corrected chi connectivity index (χ1v) is 10.1. The number of halogens is 1. The molecule has 2 aromatic heterocycles. The van der Waals surface area contributed by atoms with E-state index in [0.717, 1.165) is 17.8 Å². The molecule has 3 rings (SSSR count). The van der Waals surface area contributed by atoms with Crippen LogP contribution in [0.1, 0.15) is 33.8 Å². The van der Waals surface area contributed by atoms with Crippen LogP contribution < -0.4 is 10.6 Å². The zero-order valence-electron chi connectivity index (χ0n) is 16.7. The van der Waals surface area contributed by atoms with Crippen molar-refractivity contribution >= 4 is 29.0 Å². The number of carbonyl (C=O) groups is 2. The van der Waals surface area contributed by atoms with E-state index in [9.17, 15) is 9.59 Å². The van der Waals surface area contributed by atoms with E-state index in [4.69, 9.17) is 5.73 Å². The Morgan fingerprint density at radius 3 is 2.76 bits per heavy atom. The average Bonchev–Trinajstić information content (AvgIpc) is 3.14. The summed E-state index contributed by atoms with van der Waals surface area (Å²) in [5.41, 5.74) is 6.09. The first kappa shape index (κ1) is 20.9. The molecule has 2 N–H and O–H groups in total. The molecule has 9 heteroatoms. The Hall–Kier alpha value is -2.81. The van der Waals surface area contributed by atoms with E-state index in [0.29, 0.717) is 23.7 Å². The Morgan fingerprint density at radius 1 is 1.45 bits per heavy atom. The van der Waals surface area contributed by atoms with Crippen LogP contribution in [-0.4, -0.2) is 52.9 Å². The number of likely N-dealkylation sites (tertiary alicyclic amines) is 1.